The normalized spacial score (nSPS) is 9.93. The maximum atomic E-state index is 10.7. The predicted molar refractivity (Wildman–Crippen MR) is 62.1 cm³/mol. The second-order valence-electron chi connectivity index (χ2n) is 3.02. The number of nitrogens with zero attached hydrogens (tertiary/aromatic N) is 1. The molecular weight excluding hydrogens is 297 g/mol. The van der Waals surface area contributed by atoms with Gasteiger partial charge in [-0.15, -0.1) is 0 Å². The van der Waals surface area contributed by atoms with Gasteiger partial charge in [-0.05, 0) is 28.7 Å². The Balaban J connectivity index is 3.31. The number of anilines is 1. The summed E-state index contributed by atoms with van der Waals surface area (Å²) in [5.74, 6) is -1.33. The summed E-state index contributed by atoms with van der Waals surface area (Å²) in [5, 5.41) is 18.2. The minimum atomic E-state index is -1.12. The lowest BCUT2D eigenvalue weighted by Crippen LogP contribution is -2.11. The van der Waals surface area contributed by atoms with Crippen LogP contribution in [0.3, 0.4) is 0 Å². The first-order chi connectivity index (χ1) is 6.43. The number of hydrogen-bond acceptors (Lipinski definition) is 3. The van der Waals surface area contributed by atoms with E-state index in [1.54, 1.807) is 0 Å². The summed E-state index contributed by atoms with van der Waals surface area (Å²) in [5.41, 5.74) is 0.730. The molecule has 5 heteroatoms. The highest BCUT2D eigenvalue weighted by molar-refractivity contribution is 14.1. The van der Waals surface area contributed by atoms with Gasteiger partial charge in [-0.1, -0.05) is 0 Å². The van der Waals surface area contributed by atoms with Gasteiger partial charge in [-0.25, -0.2) is 4.79 Å². The lowest BCUT2D eigenvalue weighted by molar-refractivity contribution is 0.0693. The number of benzene rings is 1. The van der Waals surface area contributed by atoms with Crippen LogP contribution < -0.4 is 4.90 Å². The largest absolute Gasteiger partial charge is 0.507 e. The first-order valence-corrected chi connectivity index (χ1v) is 4.94. The van der Waals surface area contributed by atoms with Crippen molar-refractivity contribution in [1.29, 1.82) is 0 Å². The molecule has 2 N–H and O–H groups in total. The van der Waals surface area contributed by atoms with E-state index in [0.717, 1.165) is 9.26 Å². The summed E-state index contributed by atoms with van der Waals surface area (Å²) in [4.78, 5) is 12.5. The fourth-order valence-corrected chi connectivity index (χ4v) is 2.01. The second-order valence-corrected chi connectivity index (χ2v) is 4.18. The molecule has 76 valence electrons. The van der Waals surface area contributed by atoms with Gasteiger partial charge in [0.05, 0.1) is 5.69 Å². The highest BCUT2D eigenvalue weighted by Gasteiger charge is 2.13. The molecular formula is C9H10INO3. The molecule has 0 bridgehead atoms. The smallest absolute Gasteiger partial charge is 0.339 e. The van der Waals surface area contributed by atoms with Crippen LogP contribution in [-0.2, 0) is 0 Å². The zero-order chi connectivity index (χ0) is 10.9. The number of halogens is 1. The highest BCUT2D eigenvalue weighted by atomic mass is 127. The van der Waals surface area contributed by atoms with Crippen LogP contribution in [0.25, 0.3) is 0 Å². The molecule has 0 aromatic heterocycles. The number of hydrogen-bond donors (Lipinski definition) is 2. The van der Waals surface area contributed by atoms with Crippen molar-refractivity contribution in [2.75, 3.05) is 19.0 Å². The Morgan fingerprint density at radius 3 is 2.43 bits per heavy atom. The molecule has 0 aliphatic carbocycles. The summed E-state index contributed by atoms with van der Waals surface area (Å²) in [6.07, 6.45) is 0. The maximum absolute atomic E-state index is 10.7. The number of carboxylic acid groups (broad SMARTS) is 1. The van der Waals surface area contributed by atoms with E-state index in [-0.39, 0.29) is 11.3 Å². The molecule has 14 heavy (non-hydrogen) atoms. The van der Waals surface area contributed by atoms with Crippen molar-refractivity contribution in [3.05, 3.63) is 21.3 Å². The van der Waals surface area contributed by atoms with Crippen LogP contribution in [0, 0.1) is 3.57 Å². The summed E-state index contributed by atoms with van der Waals surface area (Å²) < 4.78 is 0.794. The van der Waals surface area contributed by atoms with Crippen molar-refractivity contribution in [2.45, 2.75) is 0 Å². The van der Waals surface area contributed by atoms with E-state index in [1.165, 1.54) is 12.1 Å². The van der Waals surface area contributed by atoms with Crippen molar-refractivity contribution < 1.29 is 15.0 Å². The van der Waals surface area contributed by atoms with Crippen molar-refractivity contribution in [1.82, 2.24) is 0 Å². The molecule has 1 aromatic carbocycles. The molecule has 0 saturated heterocycles. The van der Waals surface area contributed by atoms with E-state index in [4.69, 9.17) is 5.11 Å². The fourth-order valence-electron chi connectivity index (χ4n) is 1.06. The summed E-state index contributed by atoms with van der Waals surface area (Å²) in [7, 11) is 3.66. The van der Waals surface area contributed by atoms with E-state index < -0.39 is 5.97 Å². The molecule has 1 aromatic rings. The molecule has 0 heterocycles. The third-order valence-corrected chi connectivity index (χ3v) is 2.64. The van der Waals surface area contributed by atoms with E-state index in [0.29, 0.717) is 0 Å². The molecule has 0 aliphatic heterocycles. The van der Waals surface area contributed by atoms with Crippen molar-refractivity contribution >= 4 is 34.2 Å². The molecule has 0 fully saturated rings. The van der Waals surface area contributed by atoms with E-state index in [2.05, 4.69) is 0 Å². The van der Waals surface area contributed by atoms with Gasteiger partial charge in [0.15, 0.2) is 0 Å². The Morgan fingerprint density at radius 1 is 1.43 bits per heavy atom. The molecule has 0 aliphatic rings. The van der Waals surface area contributed by atoms with Gasteiger partial charge in [-0.3, -0.25) is 0 Å². The van der Waals surface area contributed by atoms with Gasteiger partial charge in [0.2, 0.25) is 0 Å². The zero-order valence-corrected chi connectivity index (χ0v) is 9.94. The second kappa shape index (κ2) is 4.04. The Hall–Kier alpha value is -0.980. The van der Waals surface area contributed by atoms with Gasteiger partial charge in [0, 0.05) is 23.7 Å². The van der Waals surface area contributed by atoms with Gasteiger partial charge < -0.3 is 15.1 Å². The number of aromatic carboxylic acids is 1. The van der Waals surface area contributed by atoms with Crippen LogP contribution in [0.2, 0.25) is 0 Å². The fraction of sp³-hybridized carbons (Fsp3) is 0.222. The Labute approximate surface area is 95.3 Å². The van der Waals surface area contributed by atoms with Crippen molar-refractivity contribution in [2.24, 2.45) is 0 Å². The molecule has 0 amide bonds. The van der Waals surface area contributed by atoms with Crippen LogP contribution >= 0.6 is 22.6 Å². The first-order valence-electron chi connectivity index (χ1n) is 3.86. The topological polar surface area (TPSA) is 60.8 Å². The highest BCUT2D eigenvalue weighted by Crippen LogP contribution is 2.29. The predicted octanol–water partition coefficient (Wildman–Crippen LogP) is 1.76. The summed E-state index contributed by atoms with van der Waals surface area (Å²) in [6, 6.07) is 2.90. The quantitative estimate of drug-likeness (QED) is 0.818. The third-order valence-electron chi connectivity index (χ3n) is 1.78. The Kier molecular flexibility index (Phi) is 3.20. The minimum absolute atomic E-state index is 0.0694. The van der Waals surface area contributed by atoms with E-state index >= 15 is 0 Å². The Morgan fingerprint density at radius 2 is 2.00 bits per heavy atom. The van der Waals surface area contributed by atoms with Crippen LogP contribution in [-0.4, -0.2) is 30.3 Å². The molecule has 0 unspecified atom stereocenters. The van der Waals surface area contributed by atoms with Gasteiger partial charge in [0.25, 0.3) is 0 Å². The number of carboxylic acids is 1. The minimum Gasteiger partial charge on any atom is -0.507 e. The van der Waals surface area contributed by atoms with Gasteiger partial charge >= 0.3 is 5.97 Å². The van der Waals surface area contributed by atoms with Crippen LogP contribution in [0.5, 0.6) is 5.75 Å². The van der Waals surface area contributed by atoms with Crippen molar-refractivity contribution in [3.63, 3.8) is 0 Å². The van der Waals surface area contributed by atoms with E-state index in [1.807, 2.05) is 41.6 Å². The standard InChI is InChI=1S/C9H10INO3/c1-11(2)7-4-8(12)5(9(13)14)3-6(7)10/h3-4,12H,1-2H3,(H,13,14). The number of aromatic hydroxyl groups is 1. The third kappa shape index (κ3) is 2.09. The van der Waals surface area contributed by atoms with Crippen molar-refractivity contribution in [3.8, 4) is 5.75 Å². The van der Waals surface area contributed by atoms with Gasteiger partial charge in [-0.2, -0.15) is 0 Å². The van der Waals surface area contributed by atoms with Crippen LogP contribution in [0.4, 0.5) is 5.69 Å². The van der Waals surface area contributed by atoms with Crippen LogP contribution in [0.1, 0.15) is 10.4 Å². The molecule has 0 saturated carbocycles. The van der Waals surface area contributed by atoms with Gasteiger partial charge in [0.1, 0.15) is 11.3 Å². The molecule has 0 radical (unpaired) electrons. The average Bonchev–Trinajstić information content (AvgIpc) is 2.07. The molecule has 1 rings (SSSR count). The number of phenols is 1. The molecule has 4 nitrogen and oxygen atoms in total. The number of carbonyl (C=O) groups is 1. The average molecular weight is 307 g/mol. The summed E-state index contributed by atoms with van der Waals surface area (Å²) in [6.45, 7) is 0. The Bertz CT molecular complexity index is 377. The maximum Gasteiger partial charge on any atom is 0.339 e. The SMILES string of the molecule is CN(C)c1cc(O)c(C(=O)O)cc1I. The van der Waals surface area contributed by atoms with Crippen LogP contribution in [0.15, 0.2) is 12.1 Å². The molecule has 0 spiro atoms. The van der Waals surface area contributed by atoms with E-state index in [9.17, 15) is 9.90 Å². The molecule has 0 atom stereocenters. The monoisotopic (exact) mass is 307 g/mol. The summed E-state index contributed by atoms with van der Waals surface area (Å²) >= 11 is 2.04. The lowest BCUT2D eigenvalue weighted by Gasteiger charge is -2.15. The number of rotatable bonds is 2. The zero-order valence-electron chi connectivity index (χ0n) is 7.78. The lowest BCUT2D eigenvalue weighted by atomic mass is 10.2. The first kappa shape index (κ1) is 11.1.